The lowest BCUT2D eigenvalue weighted by Gasteiger charge is -2.33. The van der Waals surface area contributed by atoms with Gasteiger partial charge in [-0.2, -0.15) is 0 Å². The fourth-order valence-corrected chi connectivity index (χ4v) is 3.01. The number of ether oxygens (including phenoxy) is 1. The molecule has 0 bridgehead atoms. The Kier molecular flexibility index (Phi) is 4.06. The molecule has 1 aromatic carbocycles. The molecule has 1 saturated heterocycles. The number of nitrogens with one attached hydrogen (secondary N) is 1. The van der Waals surface area contributed by atoms with Crippen LogP contribution in [0.15, 0.2) is 18.2 Å². The van der Waals surface area contributed by atoms with Gasteiger partial charge in [0.1, 0.15) is 5.82 Å². The molecule has 1 aromatic rings. The molecule has 1 aliphatic carbocycles. The second-order valence-electron chi connectivity index (χ2n) is 5.54. The minimum atomic E-state index is -0.294. The van der Waals surface area contributed by atoms with E-state index in [1.807, 2.05) is 0 Å². The molecule has 1 aliphatic heterocycles. The molecule has 0 spiro atoms. The highest BCUT2D eigenvalue weighted by molar-refractivity contribution is 6.31. The van der Waals surface area contributed by atoms with Gasteiger partial charge in [0.05, 0.1) is 6.10 Å². The third-order valence-corrected chi connectivity index (χ3v) is 4.29. The number of rotatable bonds is 4. The van der Waals surface area contributed by atoms with Gasteiger partial charge in [0.15, 0.2) is 0 Å². The first-order chi connectivity index (χ1) is 9.24. The lowest BCUT2D eigenvalue weighted by Crippen LogP contribution is -2.33. The molecular formula is C15H19ClFNO. The minimum absolute atomic E-state index is 0.00639. The molecule has 2 atom stereocenters. The SMILES string of the molecule is Fc1ccc(C2OCCCC2CNC2CC2)c(Cl)c1. The fourth-order valence-electron chi connectivity index (χ4n) is 2.73. The minimum Gasteiger partial charge on any atom is -0.373 e. The molecule has 0 radical (unpaired) electrons. The van der Waals surface area contributed by atoms with Crippen LogP contribution in [0.3, 0.4) is 0 Å². The molecule has 1 saturated carbocycles. The van der Waals surface area contributed by atoms with Crippen molar-refractivity contribution in [2.75, 3.05) is 13.2 Å². The molecule has 1 N–H and O–H groups in total. The van der Waals surface area contributed by atoms with Crippen LogP contribution in [0.5, 0.6) is 0 Å². The van der Waals surface area contributed by atoms with Crippen molar-refractivity contribution >= 4 is 11.6 Å². The Morgan fingerprint density at radius 1 is 1.32 bits per heavy atom. The molecular weight excluding hydrogens is 265 g/mol. The zero-order chi connectivity index (χ0) is 13.2. The van der Waals surface area contributed by atoms with Crippen LogP contribution >= 0.6 is 11.6 Å². The highest BCUT2D eigenvalue weighted by Crippen LogP contribution is 2.37. The molecule has 2 unspecified atom stereocenters. The molecule has 1 heterocycles. The van der Waals surface area contributed by atoms with E-state index in [9.17, 15) is 4.39 Å². The van der Waals surface area contributed by atoms with Gasteiger partial charge in [-0.05, 0) is 43.4 Å². The first-order valence-corrected chi connectivity index (χ1v) is 7.42. The number of hydrogen-bond acceptors (Lipinski definition) is 2. The van der Waals surface area contributed by atoms with Crippen molar-refractivity contribution in [3.63, 3.8) is 0 Å². The number of benzene rings is 1. The van der Waals surface area contributed by atoms with E-state index in [1.54, 1.807) is 6.07 Å². The molecule has 4 heteroatoms. The van der Waals surface area contributed by atoms with Crippen LogP contribution < -0.4 is 5.32 Å². The van der Waals surface area contributed by atoms with Crippen LogP contribution in [0.25, 0.3) is 0 Å². The van der Waals surface area contributed by atoms with Crippen molar-refractivity contribution in [2.45, 2.75) is 37.8 Å². The zero-order valence-corrected chi connectivity index (χ0v) is 11.6. The Morgan fingerprint density at radius 3 is 2.89 bits per heavy atom. The third kappa shape index (κ3) is 3.28. The van der Waals surface area contributed by atoms with Crippen LogP contribution in [0.2, 0.25) is 5.02 Å². The lowest BCUT2D eigenvalue weighted by atomic mass is 9.89. The summed E-state index contributed by atoms with van der Waals surface area (Å²) in [6, 6.07) is 5.30. The normalized spacial score (nSPS) is 27.5. The fraction of sp³-hybridized carbons (Fsp3) is 0.600. The van der Waals surface area contributed by atoms with E-state index in [2.05, 4.69) is 5.32 Å². The van der Waals surface area contributed by atoms with Gasteiger partial charge >= 0.3 is 0 Å². The summed E-state index contributed by atoms with van der Waals surface area (Å²) < 4.78 is 19.0. The number of hydrogen-bond donors (Lipinski definition) is 1. The van der Waals surface area contributed by atoms with Crippen molar-refractivity contribution in [1.29, 1.82) is 0 Å². The largest absolute Gasteiger partial charge is 0.373 e. The lowest BCUT2D eigenvalue weighted by molar-refractivity contribution is -0.0278. The van der Waals surface area contributed by atoms with Crippen molar-refractivity contribution in [3.8, 4) is 0 Å². The summed E-state index contributed by atoms with van der Waals surface area (Å²) in [6.45, 7) is 1.72. The second-order valence-corrected chi connectivity index (χ2v) is 5.95. The van der Waals surface area contributed by atoms with Gasteiger partial charge in [0, 0.05) is 30.1 Å². The van der Waals surface area contributed by atoms with Gasteiger partial charge in [-0.3, -0.25) is 0 Å². The highest BCUT2D eigenvalue weighted by atomic mass is 35.5. The van der Waals surface area contributed by atoms with E-state index in [-0.39, 0.29) is 11.9 Å². The van der Waals surface area contributed by atoms with Crippen LogP contribution in [-0.2, 0) is 4.74 Å². The van der Waals surface area contributed by atoms with Crippen molar-refractivity contribution in [2.24, 2.45) is 5.92 Å². The van der Waals surface area contributed by atoms with Crippen LogP contribution in [0, 0.1) is 11.7 Å². The van der Waals surface area contributed by atoms with E-state index in [0.717, 1.165) is 31.6 Å². The first kappa shape index (κ1) is 13.3. The molecule has 2 nitrogen and oxygen atoms in total. The van der Waals surface area contributed by atoms with E-state index in [1.165, 1.54) is 25.0 Å². The third-order valence-electron chi connectivity index (χ3n) is 3.96. The number of halogens is 2. The predicted octanol–water partition coefficient (Wildman–Crippen LogP) is 3.70. The maximum absolute atomic E-state index is 13.1. The predicted molar refractivity (Wildman–Crippen MR) is 73.9 cm³/mol. The van der Waals surface area contributed by atoms with Crippen LogP contribution in [0.4, 0.5) is 4.39 Å². The van der Waals surface area contributed by atoms with E-state index in [0.29, 0.717) is 17.0 Å². The summed E-state index contributed by atoms with van der Waals surface area (Å²) in [7, 11) is 0. The van der Waals surface area contributed by atoms with Gasteiger partial charge < -0.3 is 10.1 Å². The maximum atomic E-state index is 13.1. The van der Waals surface area contributed by atoms with Gasteiger partial charge in [-0.25, -0.2) is 4.39 Å². The molecule has 104 valence electrons. The van der Waals surface area contributed by atoms with Gasteiger partial charge in [-0.15, -0.1) is 0 Å². The summed E-state index contributed by atoms with van der Waals surface area (Å²) in [6.07, 6.45) is 4.79. The van der Waals surface area contributed by atoms with Gasteiger partial charge in [-0.1, -0.05) is 17.7 Å². The Morgan fingerprint density at radius 2 is 2.16 bits per heavy atom. The van der Waals surface area contributed by atoms with Crippen molar-refractivity contribution < 1.29 is 9.13 Å². The monoisotopic (exact) mass is 283 g/mol. The first-order valence-electron chi connectivity index (χ1n) is 7.04. The van der Waals surface area contributed by atoms with E-state index < -0.39 is 0 Å². The summed E-state index contributed by atoms with van der Waals surface area (Å²) in [4.78, 5) is 0. The van der Waals surface area contributed by atoms with Crippen LogP contribution in [0.1, 0.15) is 37.4 Å². The second kappa shape index (κ2) is 5.78. The van der Waals surface area contributed by atoms with Gasteiger partial charge in [0.25, 0.3) is 0 Å². The van der Waals surface area contributed by atoms with Gasteiger partial charge in [0.2, 0.25) is 0 Å². The Balaban J connectivity index is 1.74. The quantitative estimate of drug-likeness (QED) is 0.910. The van der Waals surface area contributed by atoms with E-state index in [4.69, 9.17) is 16.3 Å². The molecule has 3 rings (SSSR count). The standard InChI is InChI=1S/C15H19ClFNO/c16-14-8-11(17)3-6-13(14)15-10(2-1-7-19-15)9-18-12-4-5-12/h3,6,8,10,12,15,18H,1-2,4-5,7,9H2. The summed E-state index contributed by atoms with van der Waals surface area (Å²) in [5.74, 6) is 0.134. The smallest absolute Gasteiger partial charge is 0.124 e. The molecule has 2 fully saturated rings. The van der Waals surface area contributed by atoms with E-state index >= 15 is 0 Å². The molecule has 2 aliphatic rings. The zero-order valence-electron chi connectivity index (χ0n) is 10.9. The Hall–Kier alpha value is -0.640. The summed E-state index contributed by atoms with van der Waals surface area (Å²) in [5, 5.41) is 4.04. The molecule has 19 heavy (non-hydrogen) atoms. The van der Waals surface area contributed by atoms with Crippen molar-refractivity contribution in [3.05, 3.63) is 34.6 Å². The Bertz CT molecular complexity index is 450. The highest BCUT2D eigenvalue weighted by Gasteiger charge is 2.31. The van der Waals surface area contributed by atoms with Crippen molar-refractivity contribution in [1.82, 2.24) is 5.32 Å². The van der Waals surface area contributed by atoms with Crippen LogP contribution in [-0.4, -0.2) is 19.2 Å². The summed E-state index contributed by atoms with van der Waals surface area (Å²) >= 11 is 6.16. The topological polar surface area (TPSA) is 21.3 Å². The maximum Gasteiger partial charge on any atom is 0.124 e. The molecule has 0 aromatic heterocycles. The summed E-state index contributed by atoms with van der Waals surface area (Å²) in [5.41, 5.74) is 0.922. The molecule has 0 amide bonds. The average Bonchev–Trinajstić information content (AvgIpc) is 3.21. The average molecular weight is 284 g/mol. The Labute approximate surface area is 118 Å².